The summed E-state index contributed by atoms with van der Waals surface area (Å²) in [6.07, 6.45) is 1.56. The summed E-state index contributed by atoms with van der Waals surface area (Å²) in [5.74, 6) is -0.121. The Balaban J connectivity index is 1.91. The van der Waals surface area contributed by atoms with Crippen LogP contribution in [0.25, 0.3) is 0 Å². The molecular weight excluding hydrogens is 244 g/mol. The molecule has 0 spiro atoms. The minimum absolute atomic E-state index is 0.267. The van der Waals surface area contributed by atoms with Gasteiger partial charge in [0.15, 0.2) is 0 Å². The SMILES string of the molecule is COc1ncccc1C(=O)NOCc1ccccc1. The average Bonchev–Trinajstić information content (AvgIpc) is 2.48. The van der Waals surface area contributed by atoms with Gasteiger partial charge in [-0.25, -0.2) is 10.5 Å². The molecule has 98 valence electrons. The summed E-state index contributed by atoms with van der Waals surface area (Å²) in [4.78, 5) is 21.0. The summed E-state index contributed by atoms with van der Waals surface area (Å²) >= 11 is 0. The van der Waals surface area contributed by atoms with E-state index in [0.717, 1.165) is 5.56 Å². The first-order valence-corrected chi connectivity index (χ1v) is 5.76. The van der Waals surface area contributed by atoms with Crippen LogP contribution in [0.2, 0.25) is 0 Å². The van der Waals surface area contributed by atoms with Crippen molar-refractivity contribution in [2.75, 3.05) is 7.11 Å². The minimum Gasteiger partial charge on any atom is -0.480 e. The molecule has 2 rings (SSSR count). The number of hydroxylamine groups is 1. The van der Waals surface area contributed by atoms with Crippen LogP contribution in [0.15, 0.2) is 48.7 Å². The van der Waals surface area contributed by atoms with Crippen LogP contribution >= 0.6 is 0 Å². The van der Waals surface area contributed by atoms with Crippen LogP contribution in [-0.4, -0.2) is 18.0 Å². The van der Waals surface area contributed by atoms with Gasteiger partial charge in [-0.3, -0.25) is 9.63 Å². The number of hydrogen-bond acceptors (Lipinski definition) is 4. The Hall–Kier alpha value is -2.40. The lowest BCUT2D eigenvalue weighted by Gasteiger charge is -2.08. The Morgan fingerprint density at radius 3 is 2.74 bits per heavy atom. The summed E-state index contributed by atoms with van der Waals surface area (Å²) in [6.45, 7) is 0.301. The fourth-order valence-electron chi connectivity index (χ4n) is 1.54. The van der Waals surface area contributed by atoms with E-state index in [1.54, 1.807) is 18.3 Å². The van der Waals surface area contributed by atoms with E-state index < -0.39 is 0 Å². The lowest BCUT2D eigenvalue weighted by Crippen LogP contribution is -2.24. The number of pyridine rings is 1. The van der Waals surface area contributed by atoms with Crippen LogP contribution < -0.4 is 10.2 Å². The van der Waals surface area contributed by atoms with Gasteiger partial charge in [0, 0.05) is 6.20 Å². The van der Waals surface area contributed by atoms with Crippen molar-refractivity contribution < 1.29 is 14.4 Å². The summed E-state index contributed by atoms with van der Waals surface area (Å²) < 4.78 is 5.00. The zero-order chi connectivity index (χ0) is 13.5. The molecule has 5 heteroatoms. The van der Waals surface area contributed by atoms with Crippen molar-refractivity contribution in [2.45, 2.75) is 6.61 Å². The maximum Gasteiger partial charge on any atom is 0.280 e. The van der Waals surface area contributed by atoms with Gasteiger partial charge in [-0.05, 0) is 17.7 Å². The summed E-state index contributed by atoms with van der Waals surface area (Å²) in [5.41, 5.74) is 3.67. The molecule has 0 aliphatic rings. The predicted octanol–water partition coefficient (Wildman–Crippen LogP) is 1.95. The normalized spacial score (nSPS) is 9.95. The number of hydrogen-bond donors (Lipinski definition) is 1. The molecule has 1 N–H and O–H groups in total. The lowest BCUT2D eigenvalue weighted by atomic mass is 10.2. The van der Waals surface area contributed by atoms with Gasteiger partial charge in [0.1, 0.15) is 5.56 Å². The molecule has 1 aromatic carbocycles. The standard InChI is InChI=1S/C14H14N2O3/c1-18-14-12(8-5-9-15-14)13(17)16-19-10-11-6-3-2-4-7-11/h2-9H,10H2,1H3,(H,16,17). The first kappa shape index (κ1) is 13.0. The molecule has 0 atom stereocenters. The molecule has 0 saturated heterocycles. The molecule has 0 aliphatic carbocycles. The van der Waals surface area contributed by atoms with Gasteiger partial charge in [-0.2, -0.15) is 0 Å². The van der Waals surface area contributed by atoms with E-state index in [1.807, 2.05) is 30.3 Å². The minimum atomic E-state index is -0.388. The number of carbonyl (C=O) groups excluding carboxylic acids is 1. The van der Waals surface area contributed by atoms with Crippen LogP contribution in [0.4, 0.5) is 0 Å². The molecule has 0 fully saturated rings. The van der Waals surface area contributed by atoms with Crippen molar-refractivity contribution in [3.05, 3.63) is 59.8 Å². The number of nitrogens with zero attached hydrogens (tertiary/aromatic N) is 1. The van der Waals surface area contributed by atoms with E-state index in [0.29, 0.717) is 12.2 Å². The van der Waals surface area contributed by atoms with Crippen molar-refractivity contribution >= 4 is 5.91 Å². The molecule has 0 radical (unpaired) electrons. The smallest absolute Gasteiger partial charge is 0.280 e. The molecule has 5 nitrogen and oxygen atoms in total. The topological polar surface area (TPSA) is 60.5 Å². The van der Waals surface area contributed by atoms with Crippen LogP contribution in [-0.2, 0) is 11.4 Å². The Kier molecular flexibility index (Phi) is 4.47. The molecule has 0 saturated carbocycles. The molecule has 1 amide bonds. The molecule has 1 aromatic heterocycles. The van der Waals surface area contributed by atoms with Crippen LogP contribution in [0.3, 0.4) is 0 Å². The quantitative estimate of drug-likeness (QED) is 0.833. The van der Waals surface area contributed by atoms with Gasteiger partial charge in [0.05, 0.1) is 13.7 Å². The van der Waals surface area contributed by atoms with Crippen LogP contribution in [0, 0.1) is 0 Å². The molecule has 0 aliphatic heterocycles. The number of benzene rings is 1. The van der Waals surface area contributed by atoms with Crippen molar-refractivity contribution in [1.82, 2.24) is 10.5 Å². The van der Waals surface area contributed by atoms with E-state index in [-0.39, 0.29) is 11.8 Å². The Morgan fingerprint density at radius 1 is 1.21 bits per heavy atom. The van der Waals surface area contributed by atoms with Crippen molar-refractivity contribution in [3.63, 3.8) is 0 Å². The number of aromatic nitrogens is 1. The fraction of sp³-hybridized carbons (Fsp3) is 0.143. The Morgan fingerprint density at radius 2 is 2.00 bits per heavy atom. The number of carbonyl (C=O) groups is 1. The van der Waals surface area contributed by atoms with Gasteiger partial charge >= 0.3 is 0 Å². The highest BCUT2D eigenvalue weighted by atomic mass is 16.6. The second-order valence-electron chi connectivity index (χ2n) is 3.77. The third-order valence-electron chi connectivity index (χ3n) is 2.46. The maximum absolute atomic E-state index is 11.9. The highest BCUT2D eigenvalue weighted by Gasteiger charge is 2.12. The number of amides is 1. The molecular formula is C14H14N2O3. The number of ether oxygens (including phenoxy) is 1. The number of nitrogens with one attached hydrogen (secondary N) is 1. The number of methoxy groups -OCH3 is 1. The van der Waals surface area contributed by atoms with E-state index >= 15 is 0 Å². The Labute approximate surface area is 111 Å². The second-order valence-corrected chi connectivity index (χ2v) is 3.77. The molecule has 0 bridgehead atoms. The molecule has 19 heavy (non-hydrogen) atoms. The van der Waals surface area contributed by atoms with Gasteiger partial charge in [-0.1, -0.05) is 30.3 Å². The van der Waals surface area contributed by atoms with Gasteiger partial charge in [0.2, 0.25) is 5.88 Å². The van der Waals surface area contributed by atoms with E-state index in [2.05, 4.69) is 10.5 Å². The zero-order valence-electron chi connectivity index (χ0n) is 10.5. The van der Waals surface area contributed by atoms with E-state index in [1.165, 1.54) is 7.11 Å². The molecule has 1 heterocycles. The largest absolute Gasteiger partial charge is 0.480 e. The van der Waals surface area contributed by atoms with Gasteiger partial charge in [0.25, 0.3) is 5.91 Å². The van der Waals surface area contributed by atoms with Crippen LogP contribution in [0.5, 0.6) is 5.88 Å². The zero-order valence-corrected chi connectivity index (χ0v) is 10.5. The molecule has 0 unspecified atom stereocenters. The molecule has 2 aromatic rings. The van der Waals surface area contributed by atoms with E-state index in [4.69, 9.17) is 9.57 Å². The average molecular weight is 258 g/mol. The fourth-order valence-corrected chi connectivity index (χ4v) is 1.54. The van der Waals surface area contributed by atoms with Crippen molar-refractivity contribution in [3.8, 4) is 5.88 Å². The summed E-state index contributed by atoms with van der Waals surface area (Å²) in [7, 11) is 1.46. The highest BCUT2D eigenvalue weighted by Crippen LogP contribution is 2.13. The second kappa shape index (κ2) is 6.51. The van der Waals surface area contributed by atoms with Gasteiger partial charge < -0.3 is 4.74 Å². The maximum atomic E-state index is 11.9. The first-order chi connectivity index (χ1) is 9.31. The van der Waals surface area contributed by atoms with Gasteiger partial charge in [-0.15, -0.1) is 0 Å². The summed E-state index contributed by atoms with van der Waals surface area (Å²) in [6, 6.07) is 12.8. The highest BCUT2D eigenvalue weighted by molar-refractivity contribution is 5.95. The summed E-state index contributed by atoms with van der Waals surface area (Å²) in [5, 5.41) is 0. The predicted molar refractivity (Wildman–Crippen MR) is 69.5 cm³/mol. The lowest BCUT2D eigenvalue weighted by molar-refractivity contribution is 0.0231. The third-order valence-corrected chi connectivity index (χ3v) is 2.46. The third kappa shape index (κ3) is 3.53. The number of rotatable bonds is 5. The Bertz CT molecular complexity index is 543. The first-order valence-electron chi connectivity index (χ1n) is 5.76. The van der Waals surface area contributed by atoms with Crippen LogP contribution in [0.1, 0.15) is 15.9 Å². The van der Waals surface area contributed by atoms with Crippen molar-refractivity contribution in [1.29, 1.82) is 0 Å². The van der Waals surface area contributed by atoms with Crippen molar-refractivity contribution in [2.24, 2.45) is 0 Å². The monoisotopic (exact) mass is 258 g/mol. The van der Waals surface area contributed by atoms with E-state index in [9.17, 15) is 4.79 Å².